The van der Waals surface area contributed by atoms with Gasteiger partial charge in [-0.3, -0.25) is 23.6 Å². The molecule has 9 heteroatoms. The lowest BCUT2D eigenvalue weighted by atomic mass is 9.87. The van der Waals surface area contributed by atoms with E-state index in [-0.39, 0.29) is 23.3 Å². The summed E-state index contributed by atoms with van der Waals surface area (Å²) in [5.41, 5.74) is 4.16. The van der Waals surface area contributed by atoms with E-state index in [1.165, 1.54) is 22.0 Å². The molecule has 0 aliphatic carbocycles. The van der Waals surface area contributed by atoms with E-state index < -0.39 is 11.3 Å². The fourth-order valence-electron chi connectivity index (χ4n) is 4.52. The summed E-state index contributed by atoms with van der Waals surface area (Å²) in [6, 6.07) is 13.6. The van der Waals surface area contributed by atoms with Crippen molar-refractivity contribution < 1.29 is 14.3 Å². The Morgan fingerprint density at radius 3 is 2.37 bits per heavy atom. The number of methoxy groups -OCH3 is 1. The van der Waals surface area contributed by atoms with E-state index in [0.29, 0.717) is 20.6 Å². The maximum atomic E-state index is 13.8. The number of nitrogens with zero attached hydrogens (tertiary/aromatic N) is 3. The molecule has 0 fully saturated rings. The van der Waals surface area contributed by atoms with Gasteiger partial charge in [0.1, 0.15) is 17.0 Å². The molecule has 2 aromatic heterocycles. The first-order chi connectivity index (χ1) is 20.1. The van der Waals surface area contributed by atoms with E-state index in [0.717, 1.165) is 27.9 Å². The Balaban J connectivity index is 1.82. The third kappa shape index (κ3) is 7.22. The number of carbonyl (C=O) groups is 2. The number of benzene rings is 2. The molecule has 0 saturated carbocycles. The van der Waals surface area contributed by atoms with Crippen LogP contribution in [-0.2, 0) is 28.6 Å². The molecule has 226 valence electrons. The summed E-state index contributed by atoms with van der Waals surface area (Å²) < 4.78 is 9.47. The SMILES string of the molecule is COc1ccc(C(C)(C)C)cc1NC(=O)Cn1c(=O)/c(=C\c2ccc(C)cc2-c2ccnn2C)s/c1=C/C(=O)C(C)(C)C. The highest BCUT2D eigenvalue weighted by Gasteiger charge is 2.21. The number of amides is 1. The van der Waals surface area contributed by atoms with Crippen LogP contribution in [0.3, 0.4) is 0 Å². The van der Waals surface area contributed by atoms with Crippen LogP contribution in [0, 0.1) is 12.3 Å². The van der Waals surface area contributed by atoms with Gasteiger partial charge in [-0.05, 0) is 53.8 Å². The van der Waals surface area contributed by atoms with Crippen LogP contribution < -0.4 is 24.8 Å². The second-order valence-corrected chi connectivity index (χ2v) is 13.8. The summed E-state index contributed by atoms with van der Waals surface area (Å²) in [5.74, 6) is -0.0238. The van der Waals surface area contributed by atoms with Crippen molar-refractivity contribution in [2.45, 2.75) is 60.4 Å². The molecular formula is C34H40N4O4S. The molecule has 0 unspecified atom stereocenters. The number of hydrogen-bond acceptors (Lipinski definition) is 6. The van der Waals surface area contributed by atoms with Gasteiger partial charge in [-0.1, -0.05) is 65.3 Å². The van der Waals surface area contributed by atoms with E-state index in [1.54, 1.807) is 18.0 Å². The van der Waals surface area contributed by atoms with E-state index in [4.69, 9.17) is 4.74 Å². The minimum absolute atomic E-state index is 0.138. The zero-order chi connectivity index (χ0) is 31.7. The molecule has 0 aliphatic rings. The molecule has 2 heterocycles. The number of nitrogens with one attached hydrogen (secondary N) is 1. The van der Waals surface area contributed by atoms with Crippen molar-refractivity contribution in [3.8, 4) is 17.0 Å². The Labute approximate surface area is 256 Å². The summed E-state index contributed by atoms with van der Waals surface area (Å²) in [6.07, 6.45) is 5.02. The van der Waals surface area contributed by atoms with Gasteiger partial charge in [-0.15, -0.1) is 11.3 Å². The minimum Gasteiger partial charge on any atom is -0.495 e. The number of aryl methyl sites for hydroxylation is 2. The van der Waals surface area contributed by atoms with E-state index in [2.05, 4.69) is 37.3 Å². The zero-order valence-corrected chi connectivity index (χ0v) is 27.2. The Morgan fingerprint density at radius 1 is 1.05 bits per heavy atom. The molecule has 43 heavy (non-hydrogen) atoms. The molecule has 0 spiro atoms. The lowest BCUT2D eigenvalue weighted by molar-refractivity contribution is -0.120. The van der Waals surface area contributed by atoms with Crippen molar-refractivity contribution in [3.63, 3.8) is 0 Å². The Hall–Kier alpha value is -4.24. The Morgan fingerprint density at radius 2 is 1.77 bits per heavy atom. The first kappa shape index (κ1) is 31.7. The number of rotatable bonds is 7. The van der Waals surface area contributed by atoms with Crippen LogP contribution >= 0.6 is 11.3 Å². The van der Waals surface area contributed by atoms with Gasteiger partial charge in [-0.2, -0.15) is 5.10 Å². The topological polar surface area (TPSA) is 95.2 Å². The van der Waals surface area contributed by atoms with E-state index in [1.807, 2.05) is 77.2 Å². The van der Waals surface area contributed by atoms with Crippen LogP contribution in [-0.4, -0.2) is 33.1 Å². The van der Waals surface area contributed by atoms with Crippen LogP contribution in [0.4, 0.5) is 5.69 Å². The van der Waals surface area contributed by atoms with Crippen LogP contribution in [0.15, 0.2) is 53.5 Å². The van der Waals surface area contributed by atoms with Crippen LogP contribution in [0.25, 0.3) is 23.4 Å². The molecule has 0 bridgehead atoms. The smallest absolute Gasteiger partial charge is 0.269 e. The highest BCUT2D eigenvalue weighted by molar-refractivity contribution is 7.07. The maximum Gasteiger partial charge on any atom is 0.269 e. The van der Waals surface area contributed by atoms with Crippen molar-refractivity contribution in [3.05, 3.63) is 84.9 Å². The molecule has 2 aromatic carbocycles. The van der Waals surface area contributed by atoms with E-state index in [9.17, 15) is 14.4 Å². The predicted octanol–water partition coefficient (Wildman–Crippen LogP) is 4.79. The van der Waals surface area contributed by atoms with Crippen molar-refractivity contribution in [2.24, 2.45) is 12.5 Å². The molecular weight excluding hydrogens is 560 g/mol. The summed E-state index contributed by atoms with van der Waals surface area (Å²) in [5, 5.41) is 7.23. The minimum atomic E-state index is -0.651. The van der Waals surface area contributed by atoms with Gasteiger partial charge >= 0.3 is 0 Å². The molecule has 0 saturated heterocycles. The molecule has 4 aromatic rings. The summed E-state index contributed by atoms with van der Waals surface area (Å²) in [4.78, 5) is 40.3. The number of aromatic nitrogens is 3. The number of anilines is 1. The maximum absolute atomic E-state index is 13.8. The summed E-state index contributed by atoms with van der Waals surface area (Å²) in [6.45, 7) is 13.5. The first-order valence-electron chi connectivity index (χ1n) is 14.1. The lowest BCUT2D eigenvalue weighted by Crippen LogP contribution is -2.36. The molecule has 0 aliphatic heterocycles. The standard InChI is InChI=1S/C34H40N4O4S/c1-21-10-11-22(24(16-21)26-14-15-35-37(26)8)17-28-32(41)38(31(43-28)19-29(39)34(5,6)7)20-30(40)36-25-18-23(33(2,3)4)12-13-27(25)42-9/h10-19H,20H2,1-9H3,(H,36,40)/b28-17+,31-19+. The third-order valence-corrected chi connectivity index (χ3v) is 8.22. The first-order valence-corrected chi connectivity index (χ1v) is 14.9. The average molecular weight is 601 g/mol. The molecule has 4 rings (SSSR count). The average Bonchev–Trinajstić information content (AvgIpc) is 3.46. The van der Waals surface area contributed by atoms with Crippen molar-refractivity contribution in [1.29, 1.82) is 0 Å². The van der Waals surface area contributed by atoms with Crippen molar-refractivity contribution in [1.82, 2.24) is 14.3 Å². The fraction of sp³-hybridized carbons (Fsp3) is 0.353. The number of carbonyl (C=O) groups excluding carboxylic acids is 2. The summed E-state index contributed by atoms with van der Waals surface area (Å²) in [7, 11) is 3.42. The van der Waals surface area contributed by atoms with Crippen LogP contribution in [0.2, 0.25) is 0 Å². The third-order valence-electron chi connectivity index (χ3n) is 7.16. The second-order valence-electron chi connectivity index (χ2n) is 12.7. The summed E-state index contributed by atoms with van der Waals surface area (Å²) >= 11 is 1.19. The Kier molecular flexibility index (Phi) is 8.97. The highest BCUT2D eigenvalue weighted by atomic mass is 32.1. The van der Waals surface area contributed by atoms with Gasteiger partial charge in [0, 0.05) is 30.3 Å². The van der Waals surface area contributed by atoms with Gasteiger partial charge in [0.05, 0.1) is 23.0 Å². The van der Waals surface area contributed by atoms with Gasteiger partial charge < -0.3 is 10.1 Å². The Bertz CT molecular complexity index is 1860. The zero-order valence-electron chi connectivity index (χ0n) is 26.4. The number of ketones is 1. The molecule has 0 radical (unpaired) electrons. The van der Waals surface area contributed by atoms with Crippen molar-refractivity contribution >= 4 is 40.9 Å². The quantitative estimate of drug-likeness (QED) is 0.329. The fourth-order valence-corrected chi connectivity index (χ4v) is 5.56. The van der Waals surface area contributed by atoms with E-state index >= 15 is 0 Å². The van der Waals surface area contributed by atoms with Gasteiger partial charge in [0.25, 0.3) is 5.56 Å². The second kappa shape index (κ2) is 12.2. The van der Waals surface area contributed by atoms with Crippen LogP contribution in [0.5, 0.6) is 5.75 Å². The van der Waals surface area contributed by atoms with Crippen LogP contribution in [0.1, 0.15) is 58.2 Å². The molecule has 1 N–H and O–H groups in total. The number of Topliss-reactive ketones (excluding diaryl/α,β-unsaturated/α-hetero) is 1. The number of thiazole rings is 1. The normalized spacial score (nSPS) is 13.0. The monoisotopic (exact) mass is 600 g/mol. The molecule has 8 nitrogen and oxygen atoms in total. The van der Waals surface area contributed by atoms with Gasteiger partial charge in [0.2, 0.25) is 5.91 Å². The predicted molar refractivity (Wildman–Crippen MR) is 174 cm³/mol. The largest absolute Gasteiger partial charge is 0.495 e. The number of ether oxygens (including phenoxy) is 1. The molecule has 0 atom stereocenters. The van der Waals surface area contributed by atoms with Gasteiger partial charge in [-0.25, -0.2) is 0 Å². The van der Waals surface area contributed by atoms with Gasteiger partial charge in [0.15, 0.2) is 5.78 Å². The lowest BCUT2D eigenvalue weighted by Gasteiger charge is -2.21. The number of hydrogen-bond donors (Lipinski definition) is 1. The highest BCUT2D eigenvalue weighted by Crippen LogP contribution is 2.31. The van der Waals surface area contributed by atoms with Crippen molar-refractivity contribution in [2.75, 3.05) is 12.4 Å². The molecule has 1 amide bonds.